The second-order valence-electron chi connectivity index (χ2n) is 3.22. The number of carbonyl (C=O) groups excluding carboxylic acids is 2. The van der Waals surface area contributed by atoms with Crippen molar-refractivity contribution >= 4 is 11.9 Å². The van der Waals surface area contributed by atoms with Crippen molar-refractivity contribution in [2.24, 2.45) is 5.73 Å². The van der Waals surface area contributed by atoms with Crippen molar-refractivity contribution in [1.29, 1.82) is 0 Å². The van der Waals surface area contributed by atoms with Gasteiger partial charge >= 0.3 is 6.03 Å². The van der Waals surface area contributed by atoms with E-state index in [0.29, 0.717) is 0 Å². The first-order valence-electron chi connectivity index (χ1n) is 4.85. The third-order valence-electron chi connectivity index (χ3n) is 1.96. The summed E-state index contributed by atoms with van der Waals surface area (Å²) in [6, 6.07) is 3.30. The maximum absolute atomic E-state index is 11.6. The van der Waals surface area contributed by atoms with Crippen LogP contribution in [-0.4, -0.2) is 35.2 Å². The largest absolute Gasteiger partial charge is 0.507 e. The second kappa shape index (κ2) is 5.59. The van der Waals surface area contributed by atoms with E-state index in [-0.39, 0.29) is 30.2 Å². The van der Waals surface area contributed by atoms with Gasteiger partial charge in [0.25, 0.3) is 5.91 Å². The zero-order chi connectivity index (χ0) is 12.8. The van der Waals surface area contributed by atoms with Gasteiger partial charge in [0.1, 0.15) is 17.1 Å². The van der Waals surface area contributed by atoms with Crippen LogP contribution in [0.3, 0.4) is 0 Å². The van der Waals surface area contributed by atoms with Gasteiger partial charge in [-0.05, 0) is 12.1 Å². The molecule has 17 heavy (non-hydrogen) atoms. The summed E-state index contributed by atoms with van der Waals surface area (Å²) in [5, 5.41) is 23.5. The standard InChI is InChI=1S/C10H13N3O4/c11-10(17)13-5-4-12-9(16)8-6(14)2-1-3-7(8)15/h1-3,14-15H,4-5H2,(H,12,16)(H3,11,13,17). The smallest absolute Gasteiger partial charge is 0.312 e. The Kier molecular flexibility index (Phi) is 4.15. The Morgan fingerprint density at radius 3 is 2.18 bits per heavy atom. The molecule has 0 radical (unpaired) electrons. The van der Waals surface area contributed by atoms with Crippen LogP contribution in [0.2, 0.25) is 0 Å². The van der Waals surface area contributed by atoms with Crippen molar-refractivity contribution in [2.45, 2.75) is 0 Å². The molecule has 3 amide bonds. The van der Waals surface area contributed by atoms with Crippen LogP contribution in [-0.2, 0) is 0 Å². The monoisotopic (exact) mass is 239 g/mol. The Morgan fingerprint density at radius 1 is 1.12 bits per heavy atom. The summed E-state index contributed by atoms with van der Waals surface area (Å²) in [5.74, 6) is -1.26. The lowest BCUT2D eigenvalue weighted by Gasteiger charge is -2.08. The zero-order valence-corrected chi connectivity index (χ0v) is 8.93. The summed E-state index contributed by atoms with van der Waals surface area (Å²) in [5.41, 5.74) is 4.62. The van der Waals surface area contributed by atoms with Crippen molar-refractivity contribution in [3.05, 3.63) is 23.8 Å². The number of phenolic OH excluding ortho intramolecular Hbond substituents is 2. The van der Waals surface area contributed by atoms with Gasteiger partial charge in [-0.1, -0.05) is 6.07 Å². The quantitative estimate of drug-likeness (QED) is 0.454. The average molecular weight is 239 g/mol. The highest BCUT2D eigenvalue weighted by atomic mass is 16.3. The van der Waals surface area contributed by atoms with Crippen LogP contribution in [0.1, 0.15) is 10.4 Å². The van der Waals surface area contributed by atoms with E-state index in [9.17, 15) is 19.8 Å². The first-order valence-corrected chi connectivity index (χ1v) is 4.85. The number of hydrogen-bond donors (Lipinski definition) is 5. The number of primary amides is 1. The zero-order valence-electron chi connectivity index (χ0n) is 8.93. The second-order valence-corrected chi connectivity index (χ2v) is 3.22. The lowest BCUT2D eigenvalue weighted by molar-refractivity contribution is 0.0948. The number of amides is 3. The van der Waals surface area contributed by atoms with Crippen LogP contribution in [0.25, 0.3) is 0 Å². The molecule has 0 bridgehead atoms. The Balaban J connectivity index is 2.55. The molecule has 7 nitrogen and oxygen atoms in total. The number of phenols is 2. The lowest BCUT2D eigenvalue weighted by Crippen LogP contribution is -2.37. The highest BCUT2D eigenvalue weighted by Gasteiger charge is 2.14. The average Bonchev–Trinajstić information content (AvgIpc) is 2.24. The van der Waals surface area contributed by atoms with Crippen LogP contribution >= 0.6 is 0 Å². The number of carbonyl (C=O) groups is 2. The van der Waals surface area contributed by atoms with Crippen LogP contribution in [0.15, 0.2) is 18.2 Å². The molecule has 0 aliphatic carbocycles. The molecule has 0 aromatic heterocycles. The van der Waals surface area contributed by atoms with E-state index in [0.717, 1.165) is 0 Å². The Hall–Kier alpha value is -2.44. The number of nitrogens with one attached hydrogen (secondary N) is 2. The fraction of sp³-hybridized carbons (Fsp3) is 0.200. The maximum atomic E-state index is 11.6. The molecule has 0 spiro atoms. The molecule has 0 saturated heterocycles. The summed E-state index contributed by atoms with van der Waals surface area (Å²) in [6.07, 6.45) is 0. The molecular weight excluding hydrogens is 226 g/mol. The molecule has 0 unspecified atom stereocenters. The Labute approximate surface area is 97.2 Å². The lowest BCUT2D eigenvalue weighted by atomic mass is 10.1. The molecule has 0 aliphatic rings. The Bertz CT molecular complexity index is 413. The molecule has 0 saturated carbocycles. The topological polar surface area (TPSA) is 125 Å². The van der Waals surface area contributed by atoms with Crippen LogP contribution < -0.4 is 16.4 Å². The number of rotatable bonds is 4. The molecule has 0 heterocycles. The minimum absolute atomic E-state index is 0.134. The minimum atomic E-state index is -0.690. The first-order chi connectivity index (χ1) is 8.02. The van der Waals surface area contributed by atoms with E-state index in [1.807, 2.05) is 0 Å². The number of urea groups is 1. The fourth-order valence-corrected chi connectivity index (χ4v) is 1.21. The number of aromatic hydroxyl groups is 2. The van der Waals surface area contributed by atoms with Gasteiger partial charge < -0.3 is 26.6 Å². The van der Waals surface area contributed by atoms with E-state index in [2.05, 4.69) is 10.6 Å². The van der Waals surface area contributed by atoms with Gasteiger partial charge in [-0.25, -0.2) is 4.79 Å². The predicted molar refractivity (Wildman–Crippen MR) is 59.7 cm³/mol. The maximum Gasteiger partial charge on any atom is 0.312 e. The summed E-state index contributed by atoms with van der Waals surface area (Å²) in [4.78, 5) is 21.9. The highest BCUT2D eigenvalue weighted by Crippen LogP contribution is 2.25. The molecule has 6 N–H and O–H groups in total. The summed E-state index contributed by atoms with van der Waals surface area (Å²) < 4.78 is 0. The third kappa shape index (κ3) is 3.56. The van der Waals surface area contributed by atoms with Crippen molar-refractivity contribution in [3.63, 3.8) is 0 Å². The van der Waals surface area contributed by atoms with Gasteiger partial charge in [-0.15, -0.1) is 0 Å². The molecule has 92 valence electrons. The highest BCUT2D eigenvalue weighted by molar-refractivity contribution is 5.99. The SMILES string of the molecule is NC(=O)NCCNC(=O)c1c(O)cccc1O. The van der Waals surface area contributed by atoms with E-state index >= 15 is 0 Å². The number of nitrogens with two attached hydrogens (primary N) is 1. The van der Waals surface area contributed by atoms with Gasteiger partial charge in [-0.2, -0.15) is 0 Å². The number of benzene rings is 1. The molecule has 1 aromatic rings. The fourth-order valence-electron chi connectivity index (χ4n) is 1.21. The molecule has 1 rings (SSSR count). The van der Waals surface area contributed by atoms with Crippen molar-refractivity contribution < 1.29 is 19.8 Å². The summed E-state index contributed by atoms with van der Waals surface area (Å²) in [7, 11) is 0. The van der Waals surface area contributed by atoms with E-state index < -0.39 is 11.9 Å². The summed E-state index contributed by atoms with van der Waals surface area (Å²) in [6.45, 7) is 0.297. The van der Waals surface area contributed by atoms with Crippen LogP contribution in [0.4, 0.5) is 4.79 Å². The minimum Gasteiger partial charge on any atom is -0.507 e. The molecule has 7 heteroatoms. The summed E-state index contributed by atoms with van der Waals surface area (Å²) >= 11 is 0. The Morgan fingerprint density at radius 2 is 1.65 bits per heavy atom. The molecule has 1 aromatic carbocycles. The molecule has 0 aliphatic heterocycles. The first kappa shape index (κ1) is 12.6. The normalized spacial score (nSPS) is 9.65. The van der Waals surface area contributed by atoms with E-state index in [4.69, 9.17) is 5.73 Å². The van der Waals surface area contributed by atoms with Crippen molar-refractivity contribution in [2.75, 3.05) is 13.1 Å². The third-order valence-corrected chi connectivity index (χ3v) is 1.96. The van der Waals surface area contributed by atoms with Gasteiger partial charge in [0.05, 0.1) is 0 Å². The van der Waals surface area contributed by atoms with Gasteiger partial charge in [-0.3, -0.25) is 4.79 Å². The van der Waals surface area contributed by atoms with Gasteiger partial charge in [0.15, 0.2) is 0 Å². The molecule has 0 fully saturated rings. The molecule has 0 atom stereocenters. The van der Waals surface area contributed by atoms with E-state index in [1.54, 1.807) is 0 Å². The van der Waals surface area contributed by atoms with Crippen LogP contribution in [0, 0.1) is 0 Å². The van der Waals surface area contributed by atoms with Gasteiger partial charge in [0.2, 0.25) is 0 Å². The predicted octanol–water partition coefficient (Wildman–Crippen LogP) is -0.504. The van der Waals surface area contributed by atoms with Crippen LogP contribution in [0.5, 0.6) is 11.5 Å². The molecular formula is C10H13N3O4. The van der Waals surface area contributed by atoms with Crippen molar-refractivity contribution in [1.82, 2.24) is 10.6 Å². The number of hydrogen-bond acceptors (Lipinski definition) is 4. The van der Waals surface area contributed by atoms with Gasteiger partial charge in [0, 0.05) is 13.1 Å². The van der Waals surface area contributed by atoms with E-state index in [1.165, 1.54) is 18.2 Å². The van der Waals surface area contributed by atoms with Crippen molar-refractivity contribution in [3.8, 4) is 11.5 Å².